The van der Waals surface area contributed by atoms with Gasteiger partial charge in [-0.25, -0.2) is 9.07 Å². The molecule has 1 atom stereocenters. The van der Waals surface area contributed by atoms with E-state index in [1.165, 1.54) is 53.8 Å². The molecule has 0 aliphatic heterocycles. The Hall–Kier alpha value is -4.35. The minimum absolute atomic E-state index is 0.0546. The van der Waals surface area contributed by atoms with Gasteiger partial charge in [0.05, 0.1) is 40.9 Å². The van der Waals surface area contributed by atoms with Crippen molar-refractivity contribution in [2.45, 2.75) is 26.1 Å². The third-order valence-corrected chi connectivity index (χ3v) is 5.62. The number of rotatable bonds is 5. The van der Waals surface area contributed by atoms with Crippen LogP contribution in [-0.4, -0.2) is 30.5 Å². The predicted molar refractivity (Wildman–Crippen MR) is 122 cm³/mol. The van der Waals surface area contributed by atoms with Crippen molar-refractivity contribution in [3.63, 3.8) is 0 Å². The lowest BCUT2D eigenvalue weighted by Gasteiger charge is -2.18. The first-order chi connectivity index (χ1) is 17.0. The van der Waals surface area contributed by atoms with Crippen LogP contribution in [0.3, 0.4) is 0 Å². The molecule has 4 rings (SSSR count). The van der Waals surface area contributed by atoms with Crippen LogP contribution in [0.2, 0.25) is 0 Å². The van der Waals surface area contributed by atoms with Gasteiger partial charge in [-0.15, -0.1) is 5.10 Å². The van der Waals surface area contributed by atoms with Gasteiger partial charge in [0.1, 0.15) is 5.82 Å². The summed E-state index contributed by atoms with van der Waals surface area (Å²) in [7, 11) is 1.70. The number of benzene rings is 1. The van der Waals surface area contributed by atoms with Crippen molar-refractivity contribution >= 4 is 5.91 Å². The lowest BCUT2D eigenvalue weighted by molar-refractivity contribution is -0.140. The summed E-state index contributed by atoms with van der Waals surface area (Å²) in [5.74, 6) is -2.15. The minimum Gasteiger partial charge on any atom is -0.345 e. The molecule has 8 nitrogen and oxygen atoms in total. The molecule has 12 heteroatoms. The smallest absolute Gasteiger partial charge is 0.345 e. The summed E-state index contributed by atoms with van der Waals surface area (Å²) in [4.78, 5) is 30.0. The molecule has 0 saturated heterocycles. The Morgan fingerprint density at radius 2 is 1.89 bits per heavy atom. The van der Waals surface area contributed by atoms with Crippen molar-refractivity contribution in [1.82, 2.24) is 29.9 Å². The predicted octanol–water partition coefficient (Wildman–Crippen LogP) is 3.99. The topological polar surface area (TPSA) is 94.7 Å². The molecular formula is C24H20F4N6O2. The van der Waals surface area contributed by atoms with E-state index in [0.717, 1.165) is 6.07 Å². The Morgan fingerprint density at radius 1 is 1.14 bits per heavy atom. The second-order valence-corrected chi connectivity index (χ2v) is 8.16. The van der Waals surface area contributed by atoms with Gasteiger partial charge in [0, 0.05) is 36.1 Å². The number of carbonyl (C=O) groups is 1. The summed E-state index contributed by atoms with van der Waals surface area (Å²) in [6, 6.07) is 4.83. The quantitative estimate of drug-likeness (QED) is 0.419. The van der Waals surface area contributed by atoms with E-state index in [-0.39, 0.29) is 16.7 Å². The molecule has 0 radical (unpaired) electrons. The number of hydrogen-bond donors (Lipinski definition) is 1. The SMILES string of the molecule is Cc1cc(C(=O)N[C@H](C)c2cccc(C(F)(F)F)c2F)cn(-c2cncc(-c3cnnn3C)c2)c1=O. The Kier molecular flexibility index (Phi) is 6.44. The number of pyridine rings is 2. The zero-order chi connectivity index (χ0) is 26.2. The van der Waals surface area contributed by atoms with E-state index in [1.54, 1.807) is 19.3 Å². The van der Waals surface area contributed by atoms with Gasteiger partial charge in [0.15, 0.2) is 0 Å². The lowest BCUT2D eigenvalue weighted by Crippen LogP contribution is -2.30. The Morgan fingerprint density at radius 3 is 2.56 bits per heavy atom. The average molecular weight is 500 g/mol. The molecule has 0 bridgehead atoms. The molecule has 3 aromatic heterocycles. The summed E-state index contributed by atoms with van der Waals surface area (Å²) in [5, 5.41) is 10.2. The highest BCUT2D eigenvalue weighted by Gasteiger charge is 2.35. The number of amides is 1. The van der Waals surface area contributed by atoms with Gasteiger partial charge in [0.2, 0.25) is 0 Å². The first-order valence-electron chi connectivity index (χ1n) is 10.7. The normalized spacial score (nSPS) is 12.4. The molecule has 0 saturated carbocycles. The molecule has 0 aliphatic rings. The van der Waals surface area contributed by atoms with E-state index in [2.05, 4.69) is 20.6 Å². The highest BCUT2D eigenvalue weighted by molar-refractivity contribution is 5.94. The largest absolute Gasteiger partial charge is 0.419 e. The van der Waals surface area contributed by atoms with E-state index < -0.39 is 35.1 Å². The van der Waals surface area contributed by atoms with E-state index in [0.29, 0.717) is 23.0 Å². The maximum absolute atomic E-state index is 14.5. The van der Waals surface area contributed by atoms with Gasteiger partial charge >= 0.3 is 6.18 Å². The van der Waals surface area contributed by atoms with Crippen LogP contribution >= 0.6 is 0 Å². The lowest BCUT2D eigenvalue weighted by atomic mass is 10.0. The molecule has 186 valence electrons. The molecule has 3 heterocycles. The molecule has 0 fully saturated rings. The minimum atomic E-state index is -4.87. The molecule has 36 heavy (non-hydrogen) atoms. The van der Waals surface area contributed by atoms with Gasteiger partial charge in [-0.1, -0.05) is 17.3 Å². The van der Waals surface area contributed by atoms with E-state index in [4.69, 9.17) is 0 Å². The van der Waals surface area contributed by atoms with Crippen LogP contribution in [0, 0.1) is 12.7 Å². The third-order valence-electron chi connectivity index (χ3n) is 5.62. The van der Waals surface area contributed by atoms with E-state index in [9.17, 15) is 27.2 Å². The van der Waals surface area contributed by atoms with Gasteiger partial charge in [-0.05, 0) is 32.0 Å². The molecular weight excluding hydrogens is 480 g/mol. The molecule has 1 aromatic carbocycles. The van der Waals surface area contributed by atoms with Crippen molar-refractivity contribution in [1.29, 1.82) is 0 Å². The standard InChI is InChI=1S/C24H20F4N6O2/c1-13-7-16(22(35)31-14(2)18-5-4-6-19(21(18)25)24(26,27)28)12-34(23(13)36)17-8-15(9-29-10-17)20-11-30-32-33(20)3/h4-12,14H,1-3H3,(H,31,35)/t14-/m1/s1. The van der Waals surface area contributed by atoms with Gasteiger partial charge < -0.3 is 5.32 Å². The first-order valence-corrected chi connectivity index (χ1v) is 10.7. The van der Waals surface area contributed by atoms with Crippen LogP contribution in [0.5, 0.6) is 0 Å². The number of halogens is 4. The van der Waals surface area contributed by atoms with Crippen LogP contribution in [0.25, 0.3) is 16.9 Å². The Balaban J connectivity index is 1.66. The monoisotopic (exact) mass is 500 g/mol. The van der Waals surface area contributed by atoms with E-state index in [1.807, 2.05) is 0 Å². The molecule has 1 amide bonds. The second kappa shape index (κ2) is 9.36. The molecule has 0 aliphatic carbocycles. The third kappa shape index (κ3) is 4.74. The maximum Gasteiger partial charge on any atom is 0.419 e. The summed E-state index contributed by atoms with van der Waals surface area (Å²) in [6.07, 6.45) is 0.970. The molecule has 0 spiro atoms. The van der Waals surface area contributed by atoms with E-state index >= 15 is 0 Å². The first kappa shape index (κ1) is 24.8. The number of nitrogens with one attached hydrogen (secondary N) is 1. The number of aromatic nitrogens is 5. The van der Waals surface area contributed by atoms with Crippen LogP contribution in [-0.2, 0) is 13.2 Å². The number of alkyl halides is 3. The maximum atomic E-state index is 14.5. The Labute approximate surface area is 202 Å². The van der Waals surface area contributed by atoms with Crippen LogP contribution in [0.4, 0.5) is 17.6 Å². The fourth-order valence-electron chi connectivity index (χ4n) is 3.75. The van der Waals surface area contributed by atoms with Crippen LogP contribution < -0.4 is 10.9 Å². The van der Waals surface area contributed by atoms with Crippen molar-refractivity contribution in [2.24, 2.45) is 7.05 Å². The summed E-state index contributed by atoms with van der Waals surface area (Å²) >= 11 is 0. The zero-order valence-electron chi connectivity index (χ0n) is 19.3. The molecule has 0 unspecified atom stereocenters. The van der Waals surface area contributed by atoms with Gasteiger partial charge in [-0.2, -0.15) is 13.2 Å². The second-order valence-electron chi connectivity index (χ2n) is 8.16. The van der Waals surface area contributed by atoms with Crippen molar-refractivity contribution in [2.75, 3.05) is 0 Å². The number of aryl methyl sites for hydroxylation is 2. The fraction of sp³-hybridized carbons (Fsp3) is 0.208. The van der Waals surface area contributed by atoms with Crippen molar-refractivity contribution in [3.05, 3.63) is 93.5 Å². The summed E-state index contributed by atoms with van der Waals surface area (Å²) in [5.41, 5.74) is -0.175. The average Bonchev–Trinajstić information content (AvgIpc) is 3.25. The number of carbonyl (C=O) groups excluding carboxylic acids is 1. The fourth-order valence-corrected chi connectivity index (χ4v) is 3.75. The Bertz CT molecular complexity index is 1510. The highest BCUT2D eigenvalue weighted by atomic mass is 19.4. The van der Waals surface area contributed by atoms with Gasteiger partial charge in [-0.3, -0.25) is 19.1 Å². The van der Waals surface area contributed by atoms with Crippen molar-refractivity contribution < 1.29 is 22.4 Å². The number of nitrogens with zero attached hydrogens (tertiary/aromatic N) is 5. The summed E-state index contributed by atoms with van der Waals surface area (Å²) in [6.45, 7) is 2.89. The van der Waals surface area contributed by atoms with Crippen LogP contribution in [0.15, 0.2) is 59.9 Å². The highest BCUT2D eigenvalue weighted by Crippen LogP contribution is 2.34. The van der Waals surface area contributed by atoms with Crippen molar-refractivity contribution in [3.8, 4) is 16.9 Å². The molecule has 4 aromatic rings. The number of hydrogen-bond acceptors (Lipinski definition) is 5. The van der Waals surface area contributed by atoms with Crippen LogP contribution in [0.1, 0.15) is 40.0 Å². The summed E-state index contributed by atoms with van der Waals surface area (Å²) < 4.78 is 56.5. The zero-order valence-corrected chi connectivity index (χ0v) is 19.3. The molecule has 1 N–H and O–H groups in total. The van der Waals surface area contributed by atoms with Gasteiger partial charge in [0.25, 0.3) is 11.5 Å².